The van der Waals surface area contributed by atoms with Gasteiger partial charge >= 0.3 is 0 Å². The molecule has 2 aliphatic rings. The average Bonchev–Trinajstić information content (AvgIpc) is 3.00. The Morgan fingerprint density at radius 2 is 1.10 bits per heavy atom. The van der Waals surface area contributed by atoms with Gasteiger partial charge in [-0.05, 0) is 58.3 Å². The van der Waals surface area contributed by atoms with Gasteiger partial charge in [-0.2, -0.15) is 0 Å². The predicted octanol–water partition coefficient (Wildman–Crippen LogP) is 4.47. The van der Waals surface area contributed by atoms with Crippen molar-refractivity contribution in [2.24, 2.45) is 0 Å². The molecule has 0 fully saturated rings. The second-order valence-corrected chi connectivity index (χ2v) is 8.55. The van der Waals surface area contributed by atoms with Crippen molar-refractivity contribution in [3.8, 4) is 0 Å². The summed E-state index contributed by atoms with van der Waals surface area (Å²) in [5.74, 6) is 0. The van der Waals surface area contributed by atoms with Crippen LogP contribution in [-0.4, -0.2) is 9.52 Å². The van der Waals surface area contributed by atoms with Crippen LogP contribution in [0.25, 0.3) is 11.1 Å². The van der Waals surface area contributed by atoms with Crippen molar-refractivity contribution >= 4 is 20.7 Å². The standard InChI is InChI=1S/C20H20Si/c1-13-11-19(17-9-5-3-7-15(13)17)21-20-12-14(2)16-8-4-6-10-18(16)20/h3-12,19-20H,21H2,1-2H3. The lowest BCUT2D eigenvalue weighted by Crippen LogP contribution is -2.12. The summed E-state index contributed by atoms with van der Waals surface area (Å²) in [5.41, 5.74) is 10.4. The van der Waals surface area contributed by atoms with E-state index in [1.807, 2.05) is 0 Å². The van der Waals surface area contributed by atoms with Crippen LogP contribution in [0, 0.1) is 0 Å². The van der Waals surface area contributed by atoms with E-state index in [9.17, 15) is 0 Å². The molecule has 1 heteroatoms. The third kappa shape index (κ3) is 2.04. The molecule has 104 valence electrons. The lowest BCUT2D eigenvalue weighted by molar-refractivity contribution is 1.13. The summed E-state index contributed by atoms with van der Waals surface area (Å²) in [7, 11) is -0.270. The molecule has 0 radical (unpaired) electrons. The van der Waals surface area contributed by atoms with E-state index < -0.39 is 0 Å². The number of fused-ring (bicyclic) bond motifs is 2. The summed E-state index contributed by atoms with van der Waals surface area (Å²) in [6, 6.07) is 17.9. The van der Waals surface area contributed by atoms with Gasteiger partial charge in [0.15, 0.2) is 0 Å². The van der Waals surface area contributed by atoms with Crippen molar-refractivity contribution in [2.45, 2.75) is 24.9 Å². The highest BCUT2D eigenvalue weighted by Gasteiger charge is 2.27. The van der Waals surface area contributed by atoms with Crippen LogP contribution in [0.15, 0.2) is 60.7 Å². The minimum absolute atomic E-state index is 0.270. The Morgan fingerprint density at radius 1 is 0.667 bits per heavy atom. The fourth-order valence-electron chi connectivity index (χ4n) is 3.99. The van der Waals surface area contributed by atoms with Crippen molar-refractivity contribution in [1.29, 1.82) is 0 Å². The number of benzene rings is 2. The molecule has 2 aliphatic carbocycles. The molecule has 0 aliphatic heterocycles. The molecule has 2 aromatic carbocycles. The van der Waals surface area contributed by atoms with E-state index in [-0.39, 0.29) is 9.52 Å². The zero-order valence-corrected chi connectivity index (χ0v) is 14.0. The van der Waals surface area contributed by atoms with Gasteiger partial charge in [0.2, 0.25) is 0 Å². The molecule has 2 atom stereocenters. The van der Waals surface area contributed by atoms with Crippen LogP contribution < -0.4 is 0 Å². The van der Waals surface area contributed by atoms with Crippen molar-refractivity contribution in [2.75, 3.05) is 0 Å². The van der Waals surface area contributed by atoms with Crippen LogP contribution in [0.1, 0.15) is 47.2 Å². The number of hydrogen-bond donors (Lipinski definition) is 0. The molecular weight excluding hydrogens is 268 g/mol. The smallest absolute Gasteiger partial charge is 0.0468 e. The van der Waals surface area contributed by atoms with Crippen molar-refractivity contribution < 1.29 is 0 Å². The van der Waals surface area contributed by atoms with Crippen molar-refractivity contribution in [3.63, 3.8) is 0 Å². The molecule has 0 bridgehead atoms. The lowest BCUT2D eigenvalue weighted by Gasteiger charge is -2.16. The molecule has 21 heavy (non-hydrogen) atoms. The van der Waals surface area contributed by atoms with E-state index >= 15 is 0 Å². The van der Waals surface area contributed by atoms with E-state index in [0.29, 0.717) is 11.1 Å². The summed E-state index contributed by atoms with van der Waals surface area (Å²) in [4.78, 5) is 0. The minimum Gasteiger partial charge on any atom is -0.0768 e. The maximum Gasteiger partial charge on any atom is 0.0468 e. The molecule has 0 saturated heterocycles. The molecule has 0 N–H and O–H groups in total. The Balaban J connectivity index is 1.67. The first kappa shape index (κ1) is 12.8. The van der Waals surface area contributed by atoms with Crippen LogP contribution in [-0.2, 0) is 0 Å². The van der Waals surface area contributed by atoms with Crippen LogP contribution in [0.3, 0.4) is 0 Å². The van der Waals surface area contributed by atoms with E-state index in [0.717, 1.165) is 0 Å². The summed E-state index contributed by atoms with van der Waals surface area (Å²) >= 11 is 0. The number of allylic oxidation sites excluding steroid dienone is 4. The summed E-state index contributed by atoms with van der Waals surface area (Å²) in [6.45, 7) is 4.52. The van der Waals surface area contributed by atoms with Gasteiger partial charge in [-0.15, -0.1) is 0 Å². The highest BCUT2D eigenvalue weighted by atomic mass is 28.2. The van der Waals surface area contributed by atoms with Gasteiger partial charge in [-0.1, -0.05) is 60.7 Å². The highest BCUT2D eigenvalue weighted by molar-refractivity contribution is 6.43. The number of hydrogen-bond acceptors (Lipinski definition) is 0. The largest absolute Gasteiger partial charge is 0.0768 e. The van der Waals surface area contributed by atoms with Crippen LogP contribution in [0.4, 0.5) is 0 Å². The predicted molar refractivity (Wildman–Crippen MR) is 94.2 cm³/mol. The molecule has 0 nitrogen and oxygen atoms in total. The summed E-state index contributed by atoms with van der Waals surface area (Å²) < 4.78 is 0. The van der Waals surface area contributed by atoms with Gasteiger partial charge in [-0.3, -0.25) is 0 Å². The zero-order chi connectivity index (χ0) is 14.4. The minimum atomic E-state index is -0.270. The van der Waals surface area contributed by atoms with Gasteiger partial charge in [0.25, 0.3) is 0 Å². The topological polar surface area (TPSA) is 0 Å². The first-order chi connectivity index (χ1) is 10.2. The van der Waals surface area contributed by atoms with Gasteiger partial charge in [0, 0.05) is 9.52 Å². The molecule has 0 heterocycles. The van der Waals surface area contributed by atoms with E-state index in [1.54, 1.807) is 11.1 Å². The third-order valence-corrected chi connectivity index (χ3v) is 7.35. The van der Waals surface area contributed by atoms with Gasteiger partial charge in [0.1, 0.15) is 0 Å². The quantitative estimate of drug-likeness (QED) is 0.715. The normalized spacial score (nSPS) is 23.1. The monoisotopic (exact) mass is 288 g/mol. The van der Waals surface area contributed by atoms with E-state index in [1.165, 1.54) is 22.3 Å². The maximum absolute atomic E-state index is 2.51. The molecule has 0 amide bonds. The van der Waals surface area contributed by atoms with Crippen molar-refractivity contribution in [1.82, 2.24) is 0 Å². The Hall–Kier alpha value is -1.86. The van der Waals surface area contributed by atoms with Gasteiger partial charge in [-0.25, -0.2) is 0 Å². The second-order valence-electron chi connectivity index (χ2n) is 6.32. The SMILES string of the molecule is CC1=CC([SiH2]C2C=C(C)c3ccccc32)c2ccccc21. The van der Waals surface area contributed by atoms with E-state index in [4.69, 9.17) is 0 Å². The van der Waals surface area contributed by atoms with Crippen molar-refractivity contribution in [3.05, 3.63) is 82.9 Å². The molecule has 0 aromatic heterocycles. The van der Waals surface area contributed by atoms with E-state index in [2.05, 4.69) is 74.5 Å². The maximum atomic E-state index is 2.51. The molecule has 2 unspecified atom stereocenters. The first-order valence-corrected chi connectivity index (χ1v) is 9.43. The fourth-order valence-corrected chi connectivity index (χ4v) is 6.73. The average molecular weight is 288 g/mol. The van der Waals surface area contributed by atoms with Crippen LogP contribution in [0.5, 0.6) is 0 Å². The van der Waals surface area contributed by atoms with Gasteiger partial charge < -0.3 is 0 Å². The Bertz CT molecular complexity index is 701. The molecule has 4 rings (SSSR count). The molecule has 0 saturated carbocycles. The number of rotatable bonds is 2. The zero-order valence-electron chi connectivity index (χ0n) is 12.6. The van der Waals surface area contributed by atoms with Gasteiger partial charge in [0.05, 0.1) is 0 Å². The Labute approximate surface area is 129 Å². The highest BCUT2D eigenvalue weighted by Crippen LogP contribution is 2.41. The third-order valence-electron chi connectivity index (χ3n) is 4.98. The Morgan fingerprint density at radius 3 is 1.57 bits per heavy atom. The summed E-state index contributed by atoms with van der Waals surface area (Å²) in [5, 5.41) is 0. The first-order valence-electron chi connectivity index (χ1n) is 7.79. The van der Waals surface area contributed by atoms with Crippen LogP contribution >= 0.6 is 0 Å². The van der Waals surface area contributed by atoms with Crippen LogP contribution in [0.2, 0.25) is 0 Å². The fraction of sp³-hybridized carbons (Fsp3) is 0.200. The molecule has 2 aromatic rings. The second kappa shape index (κ2) is 4.85. The molecular formula is C20H20Si. The lowest BCUT2D eigenvalue weighted by atomic mass is 10.1. The summed E-state index contributed by atoms with van der Waals surface area (Å²) in [6.07, 6.45) is 5.03. The molecule has 0 spiro atoms. The Kier molecular flexibility index (Phi) is 2.97.